The minimum Gasteiger partial charge on any atom is -0.489 e. The van der Waals surface area contributed by atoms with Crippen molar-refractivity contribution in [1.29, 1.82) is 0 Å². The summed E-state index contributed by atoms with van der Waals surface area (Å²) < 4.78 is 30.5. The lowest BCUT2D eigenvalue weighted by Crippen LogP contribution is -2.37. The van der Waals surface area contributed by atoms with Gasteiger partial charge in [0, 0.05) is 17.3 Å². The van der Waals surface area contributed by atoms with Crippen LogP contribution in [0.1, 0.15) is 15.9 Å². The van der Waals surface area contributed by atoms with E-state index in [2.05, 4.69) is 5.32 Å². The Balaban J connectivity index is 1.87. The van der Waals surface area contributed by atoms with Crippen molar-refractivity contribution in [1.82, 2.24) is 0 Å². The van der Waals surface area contributed by atoms with Crippen LogP contribution in [0.5, 0.6) is 5.75 Å². The summed E-state index contributed by atoms with van der Waals surface area (Å²) in [6.07, 6.45) is 1.16. The molecule has 2 aromatic rings. The third-order valence-corrected chi connectivity index (χ3v) is 5.01. The zero-order valence-electron chi connectivity index (χ0n) is 13.4. The molecule has 0 radical (unpaired) electrons. The van der Waals surface area contributed by atoms with Crippen LogP contribution in [-0.4, -0.2) is 33.7 Å². The molecule has 1 aliphatic rings. The average molecular weight is 346 g/mol. The van der Waals surface area contributed by atoms with E-state index in [-0.39, 0.29) is 19.1 Å². The number of fused-ring (bicyclic) bond motifs is 1. The predicted molar refractivity (Wildman–Crippen MR) is 93.3 cm³/mol. The lowest BCUT2D eigenvalue weighted by atomic mass is 10.1. The highest BCUT2D eigenvalue weighted by Crippen LogP contribution is 2.35. The van der Waals surface area contributed by atoms with Gasteiger partial charge in [-0.2, -0.15) is 0 Å². The number of rotatable bonds is 3. The number of carbonyl (C=O) groups excluding carboxylic acids is 1. The van der Waals surface area contributed by atoms with E-state index in [4.69, 9.17) is 4.74 Å². The molecule has 7 heteroatoms. The molecule has 0 aromatic heterocycles. The van der Waals surface area contributed by atoms with Gasteiger partial charge in [-0.1, -0.05) is 18.2 Å². The summed E-state index contributed by atoms with van der Waals surface area (Å²) in [6, 6.07) is 12.3. The summed E-state index contributed by atoms with van der Waals surface area (Å²) >= 11 is 0. The number of aryl methyl sites for hydroxylation is 1. The largest absolute Gasteiger partial charge is 0.489 e. The first-order chi connectivity index (χ1) is 11.4. The summed E-state index contributed by atoms with van der Waals surface area (Å²) in [5.41, 5.74) is 2.51. The molecule has 0 aliphatic carbocycles. The third-order valence-electron chi connectivity index (χ3n) is 3.83. The Morgan fingerprint density at radius 2 is 1.96 bits per heavy atom. The Morgan fingerprint density at radius 1 is 1.21 bits per heavy atom. The van der Waals surface area contributed by atoms with Gasteiger partial charge in [0.25, 0.3) is 5.91 Å². The molecule has 0 bridgehead atoms. The van der Waals surface area contributed by atoms with Crippen molar-refractivity contribution < 1.29 is 17.9 Å². The fraction of sp³-hybridized carbons (Fsp3) is 0.235. The van der Waals surface area contributed by atoms with Gasteiger partial charge in [-0.3, -0.25) is 9.10 Å². The SMILES string of the molecule is Cc1ccccc1C(=O)Nc1ccc2c(c1)OCCN2S(C)(=O)=O. The quantitative estimate of drug-likeness (QED) is 0.926. The standard InChI is InChI=1S/C17H18N2O4S/c1-12-5-3-4-6-14(12)17(20)18-13-7-8-15-16(11-13)23-10-9-19(15)24(2,21)22/h3-8,11H,9-10H2,1-2H3,(H,18,20). The van der Waals surface area contributed by atoms with Crippen LogP contribution in [0.2, 0.25) is 0 Å². The Kier molecular flexibility index (Phi) is 4.19. The number of amides is 1. The van der Waals surface area contributed by atoms with Crippen LogP contribution in [0.25, 0.3) is 0 Å². The van der Waals surface area contributed by atoms with E-state index in [0.29, 0.717) is 22.7 Å². The second-order valence-electron chi connectivity index (χ2n) is 5.64. The van der Waals surface area contributed by atoms with Gasteiger partial charge >= 0.3 is 0 Å². The van der Waals surface area contributed by atoms with E-state index < -0.39 is 10.0 Å². The highest BCUT2D eigenvalue weighted by atomic mass is 32.2. The number of benzene rings is 2. The normalized spacial score (nSPS) is 13.8. The highest BCUT2D eigenvalue weighted by Gasteiger charge is 2.25. The molecule has 126 valence electrons. The van der Waals surface area contributed by atoms with Crippen molar-refractivity contribution in [2.75, 3.05) is 29.0 Å². The van der Waals surface area contributed by atoms with Crippen LogP contribution in [0.15, 0.2) is 42.5 Å². The zero-order chi connectivity index (χ0) is 17.3. The van der Waals surface area contributed by atoms with Crippen molar-refractivity contribution in [3.8, 4) is 5.75 Å². The predicted octanol–water partition coefficient (Wildman–Crippen LogP) is 2.41. The maximum absolute atomic E-state index is 12.4. The van der Waals surface area contributed by atoms with E-state index in [1.165, 1.54) is 4.31 Å². The molecular weight excluding hydrogens is 328 g/mol. The number of sulfonamides is 1. The van der Waals surface area contributed by atoms with Gasteiger partial charge in [0.2, 0.25) is 10.0 Å². The number of anilines is 2. The van der Waals surface area contributed by atoms with Crippen molar-refractivity contribution in [3.63, 3.8) is 0 Å². The molecule has 0 fully saturated rings. The van der Waals surface area contributed by atoms with Gasteiger partial charge in [-0.25, -0.2) is 8.42 Å². The second kappa shape index (κ2) is 6.16. The molecule has 1 N–H and O–H groups in total. The number of nitrogens with zero attached hydrogens (tertiary/aromatic N) is 1. The van der Waals surface area contributed by atoms with Crippen LogP contribution in [0.3, 0.4) is 0 Å². The molecule has 1 amide bonds. The summed E-state index contributed by atoms with van der Waals surface area (Å²) in [7, 11) is -3.36. The average Bonchev–Trinajstić information content (AvgIpc) is 2.53. The molecule has 0 atom stereocenters. The fourth-order valence-corrected chi connectivity index (χ4v) is 3.56. The first-order valence-electron chi connectivity index (χ1n) is 7.48. The Morgan fingerprint density at radius 3 is 2.67 bits per heavy atom. The first-order valence-corrected chi connectivity index (χ1v) is 9.32. The summed E-state index contributed by atoms with van der Waals surface area (Å²) in [4.78, 5) is 12.4. The van der Waals surface area contributed by atoms with E-state index in [9.17, 15) is 13.2 Å². The number of hydrogen-bond acceptors (Lipinski definition) is 4. The molecule has 1 aliphatic heterocycles. The van der Waals surface area contributed by atoms with Gasteiger partial charge in [0.1, 0.15) is 12.4 Å². The summed E-state index contributed by atoms with van der Waals surface area (Å²) in [6.45, 7) is 2.42. The molecule has 6 nitrogen and oxygen atoms in total. The monoisotopic (exact) mass is 346 g/mol. The van der Waals surface area contributed by atoms with Crippen LogP contribution < -0.4 is 14.4 Å². The van der Waals surface area contributed by atoms with Gasteiger partial charge < -0.3 is 10.1 Å². The Labute approximate surface area is 141 Å². The van der Waals surface area contributed by atoms with Crippen molar-refractivity contribution >= 4 is 27.3 Å². The first kappa shape index (κ1) is 16.3. The molecule has 0 saturated carbocycles. The number of carbonyl (C=O) groups is 1. The number of nitrogens with one attached hydrogen (secondary N) is 1. The lowest BCUT2D eigenvalue weighted by molar-refractivity contribution is 0.102. The number of ether oxygens (including phenoxy) is 1. The molecule has 24 heavy (non-hydrogen) atoms. The molecule has 0 saturated heterocycles. The van der Waals surface area contributed by atoms with Gasteiger partial charge in [-0.05, 0) is 30.7 Å². The van der Waals surface area contributed by atoms with E-state index >= 15 is 0 Å². The summed E-state index contributed by atoms with van der Waals surface area (Å²) in [5.74, 6) is 0.220. The topological polar surface area (TPSA) is 75.7 Å². The summed E-state index contributed by atoms with van der Waals surface area (Å²) in [5, 5.41) is 2.82. The van der Waals surface area contributed by atoms with Gasteiger partial charge in [0.15, 0.2) is 0 Å². The van der Waals surface area contributed by atoms with Crippen LogP contribution in [-0.2, 0) is 10.0 Å². The highest BCUT2D eigenvalue weighted by molar-refractivity contribution is 7.92. The minimum absolute atomic E-state index is 0.219. The Bertz CT molecular complexity index is 893. The van der Waals surface area contributed by atoms with Crippen molar-refractivity contribution in [3.05, 3.63) is 53.6 Å². The molecule has 1 heterocycles. The Hall–Kier alpha value is -2.54. The maximum atomic E-state index is 12.4. The third kappa shape index (κ3) is 3.21. The maximum Gasteiger partial charge on any atom is 0.255 e. The van der Waals surface area contributed by atoms with Crippen molar-refractivity contribution in [2.24, 2.45) is 0 Å². The molecule has 3 rings (SSSR count). The van der Waals surface area contributed by atoms with E-state index in [0.717, 1.165) is 11.8 Å². The molecule has 0 spiro atoms. The van der Waals surface area contributed by atoms with Crippen molar-refractivity contribution in [2.45, 2.75) is 6.92 Å². The second-order valence-corrected chi connectivity index (χ2v) is 7.54. The zero-order valence-corrected chi connectivity index (χ0v) is 14.3. The van der Waals surface area contributed by atoms with Gasteiger partial charge in [0.05, 0.1) is 18.5 Å². The number of hydrogen-bond donors (Lipinski definition) is 1. The molecular formula is C17H18N2O4S. The van der Waals surface area contributed by atoms with E-state index in [1.807, 2.05) is 25.1 Å². The molecule has 0 unspecified atom stereocenters. The minimum atomic E-state index is -3.36. The van der Waals surface area contributed by atoms with Crippen LogP contribution >= 0.6 is 0 Å². The smallest absolute Gasteiger partial charge is 0.255 e. The fourth-order valence-electron chi connectivity index (χ4n) is 2.64. The lowest BCUT2D eigenvalue weighted by Gasteiger charge is -2.29. The molecule has 2 aromatic carbocycles. The van der Waals surface area contributed by atoms with Crippen LogP contribution in [0.4, 0.5) is 11.4 Å². The van der Waals surface area contributed by atoms with Crippen LogP contribution in [0, 0.1) is 6.92 Å². The van der Waals surface area contributed by atoms with Gasteiger partial charge in [-0.15, -0.1) is 0 Å². The van der Waals surface area contributed by atoms with E-state index in [1.54, 1.807) is 24.3 Å².